The van der Waals surface area contributed by atoms with Gasteiger partial charge in [-0.2, -0.15) is 0 Å². The largest absolute Gasteiger partial charge is 0.416 e. The van der Waals surface area contributed by atoms with E-state index in [2.05, 4.69) is 25.1 Å². The minimum Gasteiger partial charge on any atom is -0.416 e. The van der Waals surface area contributed by atoms with Gasteiger partial charge in [-0.1, -0.05) is 93.3 Å². The lowest BCUT2D eigenvalue weighted by atomic mass is 10.1. The molecular weight excluding hydrogens is 562 g/mol. The molecule has 4 rings (SSSR count). The molecule has 0 aliphatic rings. The molecule has 0 radical (unpaired) electrons. The SMILES string of the molecule is Clc1ccc(-c2nnc(-c3ccc(-c4nc(C(Cl)(Cl)Cl)nc(C(Cl)(Cl)Cl)n4)cc3)o2)cc1. The molecule has 0 aliphatic heterocycles. The lowest BCUT2D eigenvalue weighted by molar-refractivity contribution is 0.584. The Morgan fingerprint density at radius 1 is 0.562 bits per heavy atom. The molecule has 0 fully saturated rings. The second-order valence-electron chi connectivity index (χ2n) is 6.30. The molecule has 0 bridgehead atoms. The molecule has 32 heavy (non-hydrogen) atoms. The van der Waals surface area contributed by atoms with E-state index in [9.17, 15) is 0 Å². The minimum absolute atomic E-state index is 0.154. The molecule has 164 valence electrons. The fraction of sp³-hybridized carbons (Fsp3) is 0.105. The predicted molar refractivity (Wildman–Crippen MR) is 127 cm³/mol. The second kappa shape index (κ2) is 9.11. The Labute approximate surface area is 216 Å². The molecule has 0 spiro atoms. The molecule has 4 aromatic rings. The van der Waals surface area contributed by atoms with Crippen molar-refractivity contribution < 1.29 is 4.42 Å². The van der Waals surface area contributed by atoms with Gasteiger partial charge in [0.1, 0.15) is 0 Å². The van der Waals surface area contributed by atoms with Crippen LogP contribution in [0, 0.1) is 0 Å². The Morgan fingerprint density at radius 2 is 0.969 bits per heavy atom. The van der Waals surface area contributed by atoms with Crippen LogP contribution in [0.25, 0.3) is 34.3 Å². The van der Waals surface area contributed by atoms with Crippen LogP contribution >= 0.6 is 81.2 Å². The maximum atomic E-state index is 5.92. The number of nitrogens with zero attached hydrogens (tertiary/aromatic N) is 5. The molecule has 2 heterocycles. The highest BCUT2D eigenvalue weighted by atomic mass is 35.6. The summed E-state index contributed by atoms with van der Waals surface area (Å²) >= 11 is 41.4. The summed E-state index contributed by atoms with van der Waals surface area (Å²) < 4.78 is 1.88. The van der Waals surface area contributed by atoms with Crippen molar-refractivity contribution in [3.8, 4) is 34.3 Å². The van der Waals surface area contributed by atoms with Gasteiger partial charge in [-0.25, -0.2) is 15.0 Å². The zero-order valence-electron chi connectivity index (χ0n) is 15.4. The molecular formula is C19H8Cl7N5O. The van der Waals surface area contributed by atoms with Gasteiger partial charge >= 0.3 is 0 Å². The van der Waals surface area contributed by atoms with Gasteiger partial charge in [-0.15, -0.1) is 10.2 Å². The summed E-state index contributed by atoms with van der Waals surface area (Å²) in [6.45, 7) is 0. The van der Waals surface area contributed by atoms with E-state index in [0.29, 0.717) is 27.9 Å². The molecule has 2 aromatic heterocycles. The molecule has 0 unspecified atom stereocenters. The topological polar surface area (TPSA) is 77.6 Å². The zero-order valence-corrected chi connectivity index (χ0v) is 20.7. The Hall–Kier alpha value is -1.38. The third-order valence-electron chi connectivity index (χ3n) is 4.05. The smallest absolute Gasteiger partial charge is 0.250 e. The van der Waals surface area contributed by atoms with E-state index in [1.165, 1.54) is 0 Å². The maximum Gasteiger partial charge on any atom is 0.250 e. The monoisotopic (exact) mass is 567 g/mol. The number of rotatable bonds is 3. The quantitative estimate of drug-likeness (QED) is 0.237. The van der Waals surface area contributed by atoms with Gasteiger partial charge in [0.05, 0.1) is 0 Å². The summed E-state index contributed by atoms with van der Waals surface area (Å²) in [5, 5.41) is 8.76. The number of hydrogen-bond acceptors (Lipinski definition) is 6. The summed E-state index contributed by atoms with van der Waals surface area (Å²) in [5.41, 5.74) is 1.96. The molecule has 0 aliphatic carbocycles. The highest BCUT2D eigenvalue weighted by Gasteiger charge is 2.34. The molecule has 0 amide bonds. The second-order valence-corrected chi connectivity index (χ2v) is 11.3. The van der Waals surface area contributed by atoms with Crippen molar-refractivity contribution in [2.24, 2.45) is 0 Å². The van der Waals surface area contributed by atoms with Crippen LogP contribution in [-0.4, -0.2) is 25.1 Å². The van der Waals surface area contributed by atoms with Gasteiger partial charge < -0.3 is 4.42 Å². The van der Waals surface area contributed by atoms with Gasteiger partial charge in [0, 0.05) is 21.7 Å². The molecule has 0 atom stereocenters. The first-order valence-corrected chi connectivity index (χ1v) is 11.3. The van der Waals surface area contributed by atoms with Crippen molar-refractivity contribution in [3.63, 3.8) is 0 Å². The molecule has 0 N–H and O–H groups in total. The predicted octanol–water partition coefficient (Wildman–Crippen LogP) is 7.56. The Kier molecular flexibility index (Phi) is 6.76. The van der Waals surface area contributed by atoms with Gasteiger partial charge in [0.15, 0.2) is 17.5 Å². The van der Waals surface area contributed by atoms with Crippen LogP contribution in [-0.2, 0) is 7.59 Å². The standard InChI is InChI=1S/C19H8Cl7N5O/c20-12-7-5-11(6-8-12)15-31-30-14(32-15)10-3-1-9(2-4-10)13-27-16(18(21,22)23)29-17(28-13)19(24,25)26/h1-8H. The van der Waals surface area contributed by atoms with Gasteiger partial charge in [-0.3, -0.25) is 0 Å². The van der Waals surface area contributed by atoms with Crippen molar-refractivity contribution in [1.82, 2.24) is 25.1 Å². The summed E-state index contributed by atoms with van der Waals surface area (Å²) in [6.07, 6.45) is 0. The number of benzene rings is 2. The van der Waals surface area contributed by atoms with Crippen molar-refractivity contribution in [3.05, 3.63) is 65.2 Å². The van der Waals surface area contributed by atoms with Gasteiger partial charge in [0.25, 0.3) is 0 Å². The first-order valence-electron chi connectivity index (χ1n) is 8.61. The van der Waals surface area contributed by atoms with Crippen LogP contribution in [0.5, 0.6) is 0 Å². The maximum absolute atomic E-state index is 5.92. The van der Waals surface area contributed by atoms with Crippen LogP contribution in [0.15, 0.2) is 52.9 Å². The lowest BCUT2D eigenvalue weighted by Crippen LogP contribution is -2.16. The number of alkyl halides is 6. The van der Waals surface area contributed by atoms with E-state index in [1.807, 2.05) is 0 Å². The summed E-state index contributed by atoms with van der Waals surface area (Å²) in [4.78, 5) is 12.3. The van der Waals surface area contributed by atoms with E-state index in [1.54, 1.807) is 48.5 Å². The van der Waals surface area contributed by atoms with Crippen molar-refractivity contribution >= 4 is 81.2 Å². The van der Waals surface area contributed by atoms with Gasteiger partial charge in [0.2, 0.25) is 19.4 Å². The van der Waals surface area contributed by atoms with Crippen molar-refractivity contribution in [1.29, 1.82) is 0 Å². The summed E-state index contributed by atoms with van der Waals surface area (Å²) in [7, 11) is 0. The fourth-order valence-electron chi connectivity index (χ4n) is 2.57. The Bertz CT molecular complexity index is 1220. The summed E-state index contributed by atoms with van der Waals surface area (Å²) in [6, 6.07) is 13.9. The first-order chi connectivity index (χ1) is 15.0. The van der Waals surface area contributed by atoms with E-state index in [-0.39, 0.29) is 17.5 Å². The third-order valence-corrected chi connectivity index (χ3v) is 5.31. The summed E-state index contributed by atoms with van der Waals surface area (Å²) in [5.74, 6) is 0.477. The van der Waals surface area contributed by atoms with E-state index in [0.717, 1.165) is 5.56 Å². The number of halogens is 7. The van der Waals surface area contributed by atoms with Crippen molar-refractivity contribution in [2.75, 3.05) is 0 Å². The number of aromatic nitrogens is 5. The van der Waals surface area contributed by atoms with E-state index < -0.39 is 7.59 Å². The van der Waals surface area contributed by atoms with Crippen LogP contribution < -0.4 is 0 Å². The van der Waals surface area contributed by atoms with Crippen LogP contribution in [0.4, 0.5) is 0 Å². The van der Waals surface area contributed by atoms with Crippen LogP contribution in [0.1, 0.15) is 11.6 Å². The first kappa shape index (κ1) is 23.8. The fourth-order valence-corrected chi connectivity index (χ4v) is 3.20. The van der Waals surface area contributed by atoms with Crippen LogP contribution in [0.3, 0.4) is 0 Å². The van der Waals surface area contributed by atoms with E-state index >= 15 is 0 Å². The molecule has 13 heteroatoms. The zero-order chi connectivity index (χ0) is 23.1. The lowest BCUT2D eigenvalue weighted by Gasteiger charge is -2.15. The third kappa shape index (κ3) is 5.39. The van der Waals surface area contributed by atoms with Crippen LogP contribution in [0.2, 0.25) is 5.02 Å². The molecule has 6 nitrogen and oxygen atoms in total. The minimum atomic E-state index is -1.94. The molecule has 0 saturated heterocycles. The van der Waals surface area contributed by atoms with Gasteiger partial charge in [-0.05, 0) is 36.4 Å². The Morgan fingerprint density at radius 3 is 1.41 bits per heavy atom. The van der Waals surface area contributed by atoms with E-state index in [4.69, 9.17) is 85.6 Å². The highest BCUT2D eigenvalue weighted by Crippen LogP contribution is 2.40. The highest BCUT2D eigenvalue weighted by molar-refractivity contribution is 6.67. The average Bonchev–Trinajstić information content (AvgIpc) is 3.23. The van der Waals surface area contributed by atoms with Crippen molar-refractivity contribution in [2.45, 2.75) is 7.59 Å². The average molecular weight is 570 g/mol. The normalized spacial score (nSPS) is 12.2. The Balaban J connectivity index is 1.67. The molecule has 0 saturated carbocycles. The molecule has 2 aromatic carbocycles. The number of hydrogen-bond donors (Lipinski definition) is 0.